The van der Waals surface area contributed by atoms with Crippen LogP contribution in [0, 0.1) is 6.92 Å². The van der Waals surface area contributed by atoms with Gasteiger partial charge in [-0.05, 0) is 26.0 Å². The van der Waals surface area contributed by atoms with E-state index < -0.39 is 0 Å². The highest BCUT2D eigenvalue weighted by molar-refractivity contribution is 7.12. The van der Waals surface area contributed by atoms with Gasteiger partial charge in [0.05, 0.1) is 19.3 Å². The van der Waals surface area contributed by atoms with Gasteiger partial charge in [0.1, 0.15) is 0 Å². The minimum Gasteiger partial charge on any atom is -0.378 e. The Morgan fingerprint density at radius 1 is 1.63 bits per heavy atom. The summed E-state index contributed by atoms with van der Waals surface area (Å²) in [6.45, 7) is 6.37. The monoisotopic (exact) mass is 282 g/mol. The Bertz CT molecular complexity index is 427. The van der Waals surface area contributed by atoms with Crippen LogP contribution in [0.3, 0.4) is 0 Å². The quantitative estimate of drug-likeness (QED) is 0.918. The maximum atomic E-state index is 12.3. The number of hydrogen-bond donors (Lipinski definition) is 1. The second-order valence-electron chi connectivity index (χ2n) is 5.06. The van der Waals surface area contributed by atoms with Gasteiger partial charge in [0, 0.05) is 35.8 Å². The van der Waals surface area contributed by atoms with Crippen molar-refractivity contribution in [2.75, 3.05) is 26.8 Å². The standard InChI is InChI=1S/C14H22N2O2S/c1-10-4-5-13(19-10)11(2)16(3)14(17)8-12-9-18-7-6-15-12/h4-5,11-12,15H,6-9H2,1-3H3. The van der Waals surface area contributed by atoms with Crippen LogP contribution in [0.1, 0.15) is 29.1 Å². The molecule has 1 N–H and O–H groups in total. The van der Waals surface area contributed by atoms with E-state index in [1.807, 2.05) is 11.9 Å². The van der Waals surface area contributed by atoms with E-state index in [-0.39, 0.29) is 18.0 Å². The van der Waals surface area contributed by atoms with E-state index in [1.54, 1.807) is 11.3 Å². The Labute approximate surface area is 118 Å². The SMILES string of the molecule is Cc1ccc(C(C)N(C)C(=O)CC2COCCN2)s1. The highest BCUT2D eigenvalue weighted by atomic mass is 32.1. The third kappa shape index (κ3) is 3.78. The molecule has 0 radical (unpaired) electrons. The second kappa shape index (κ2) is 6.50. The Morgan fingerprint density at radius 2 is 2.42 bits per heavy atom. The lowest BCUT2D eigenvalue weighted by Gasteiger charge is -2.28. The molecule has 2 heterocycles. The molecule has 2 rings (SSSR count). The lowest BCUT2D eigenvalue weighted by Crippen LogP contribution is -2.44. The lowest BCUT2D eigenvalue weighted by atomic mass is 10.1. The highest BCUT2D eigenvalue weighted by Crippen LogP contribution is 2.26. The Hall–Kier alpha value is -0.910. The van der Waals surface area contributed by atoms with E-state index in [4.69, 9.17) is 4.74 Å². The van der Waals surface area contributed by atoms with E-state index in [1.165, 1.54) is 9.75 Å². The molecule has 0 saturated carbocycles. The number of morpholine rings is 1. The molecular formula is C14H22N2O2S. The van der Waals surface area contributed by atoms with Crippen LogP contribution in [0.2, 0.25) is 0 Å². The molecule has 0 aliphatic carbocycles. The first kappa shape index (κ1) is 14.5. The molecule has 1 saturated heterocycles. The maximum Gasteiger partial charge on any atom is 0.224 e. The van der Waals surface area contributed by atoms with E-state index >= 15 is 0 Å². The number of nitrogens with one attached hydrogen (secondary N) is 1. The Morgan fingerprint density at radius 3 is 3.00 bits per heavy atom. The molecule has 0 aromatic carbocycles. The van der Waals surface area contributed by atoms with E-state index in [9.17, 15) is 4.79 Å². The van der Waals surface area contributed by atoms with Crippen molar-refractivity contribution in [1.29, 1.82) is 0 Å². The molecule has 2 unspecified atom stereocenters. The summed E-state index contributed by atoms with van der Waals surface area (Å²) >= 11 is 1.75. The van der Waals surface area contributed by atoms with Crippen molar-refractivity contribution in [3.05, 3.63) is 21.9 Å². The average molecular weight is 282 g/mol. The molecule has 0 bridgehead atoms. The Kier molecular flexibility index (Phi) is 4.96. The van der Waals surface area contributed by atoms with Crippen molar-refractivity contribution in [3.63, 3.8) is 0 Å². The van der Waals surface area contributed by atoms with Crippen LogP contribution in [0.5, 0.6) is 0 Å². The number of rotatable bonds is 4. The summed E-state index contributed by atoms with van der Waals surface area (Å²) in [5.74, 6) is 0.168. The van der Waals surface area contributed by atoms with Gasteiger partial charge in [0.2, 0.25) is 5.91 Å². The fourth-order valence-corrected chi connectivity index (χ4v) is 3.16. The molecule has 1 fully saturated rings. The number of amides is 1. The first-order valence-corrected chi connectivity index (χ1v) is 7.52. The fraction of sp³-hybridized carbons (Fsp3) is 0.643. The molecule has 4 nitrogen and oxygen atoms in total. The van der Waals surface area contributed by atoms with Crippen molar-refractivity contribution in [3.8, 4) is 0 Å². The number of hydrogen-bond acceptors (Lipinski definition) is 4. The normalized spacial score (nSPS) is 21.1. The molecule has 2 atom stereocenters. The smallest absolute Gasteiger partial charge is 0.224 e. The van der Waals surface area contributed by atoms with Crippen LogP contribution in [0.25, 0.3) is 0 Å². The molecular weight excluding hydrogens is 260 g/mol. The van der Waals surface area contributed by atoms with E-state index in [0.717, 1.165) is 13.2 Å². The predicted octanol–water partition coefficient (Wildman–Crippen LogP) is 1.95. The van der Waals surface area contributed by atoms with Crippen molar-refractivity contribution < 1.29 is 9.53 Å². The molecule has 1 amide bonds. The first-order valence-electron chi connectivity index (χ1n) is 6.71. The largest absolute Gasteiger partial charge is 0.378 e. The molecule has 0 spiro atoms. The molecule has 1 aliphatic rings. The molecule has 106 valence electrons. The number of carbonyl (C=O) groups excluding carboxylic acids is 1. The van der Waals surface area contributed by atoms with Crippen molar-refractivity contribution in [1.82, 2.24) is 10.2 Å². The zero-order chi connectivity index (χ0) is 13.8. The summed E-state index contributed by atoms with van der Waals surface area (Å²) in [4.78, 5) is 16.6. The van der Waals surface area contributed by atoms with Gasteiger partial charge in [-0.25, -0.2) is 0 Å². The number of carbonyl (C=O) groups is 1. The van der Waals surface area contributed by atoms with Gasteiger partial charge in [-0.1, -0.05) is 0 Å². The summed E-state index contributed by atoms with van der Waals surface area (Å²) in [6, 6.07) is 4.50. The van der Waals surface area contributed by atoms with Gasteiger partial charge in [0.25, 0.3) is 0 Å². The third-order valence-electron chi connectivity index (χ3n) is 3.57. The van der Waals surface area contributed by atoms with Crippen LogP contribution < -0.4 is 5.32 Å². The number of nitrogens with zero attached hydrogens (tertiary/aromatic N) is 1. The lowest BCUT2D eigenvalue weighted by molar-refractivity contribution is -0.133. The fourth-order valence-electron chi connectivity index (χ4n) is 2.19. The second-order valence-corrected chi connectivity index (χ2v) is 6.38. The summed E-state index contributed by atoms with van der Waals surface area (Å²) in [5, 5.41) is 3.32. The maximum absolute atomic E-state index is 12.3. The third-order valence-corrected chi connectivity index (χ3v) is 4.74. The molecule has 1 aromatic rings. The predicted molar refractivity (Wildman–Crippen MR) is 77.5 cm³/mol. The summed E-state index contributed by atoms with van der Waals surface area (Å²) in [5.41, 5.74) is 0. The number of ether oxygens (including phenoxy) is 1. The average Bonchev–Trinajstić information content (AvgIpc) is 2.85. The van der Waals surface area contributed by atoms with Crippen LogP contribution in [0.4, 0.5) is 0 Å². The summed E-state index contributed by atoms with van der Waals surface area (Å²) < 4.78 is 5.38. The van der Waals surface area contributed by atoms with Crippen LogP contribution >= 0.6 is 11.3 Å². The highest BCUT2D eigenvalue weighted by Gasteiger charge is 2.23. The minimum atomic E-state index is 0.135. The molecule has 1 aliphatic heterocycles. The van der Waals surface area contributed by atoms with Gasteiger partial charge in [-0.15, -0.1) is 11.3 Å². The van der Waals surface area contributed by atoms with Gasteiger partial charge < -0.3 is 15.0 Å². The van der Waals surface area contributed by atoms with Gasteiger partial charge in [-0.2, -0.15) is 0 Å². The molecule has 19 heavy (non-hydrogen) atoms. The van der Waals surface area contributed by atoms with Crippen molar-refractivity contribution in [2.24, 2.45) is 0 Å². The molecule has 5 heteroatoms. The van der Waals surface area contributed by atoms with Crippen molar-refractivity contribution in [2.45, 2.75) is 32.4 Å². The number of thiophene rings is 1. The zero-order valence-corrected chi connectivity index (χ0v) is 12.6. The van der Waals surface area contributed by atoms with Gasteiger partial charge in [-0.3, -0.25) is 4.79 Å². The van der Waals surface area contributed by atoms with Gasteiger partial charge >= 0.3 is 0 Å². The van der Waals surface area contributed by atoms with E-state index in [2.05, 4.69) is 31.3 Å². The van der Waals surface area contributed by atoms with Crippen molar-refractivity contribution >= 4 is 17.2 Å². The van der Waals surface area contributed by atoms with E-state index in [0.29, 0.717) is 13.0 Å². The van der Waals surface area contributed by atoms with Crippen LogP contribution in [-0.2, 0) is 9.53 Å². The minimum absolute atomic E-state index is 0.135. The topological polar surface area (TPSA) is 41.6 Å². The summed E-state index contributed by atoms with van der Waals surface area (Å²) in [7, 11) is 1.88. The zero-order valence-electron chi connectivity index (χ0n) is 11.8. The molecule has 1 aromatic heterocycles. The first-order chi connectivity index (χ1) is 9.08. The summed E-state index contributed by atoms with van der Waals surface area (Å²) in [6.07, 6.45) is 0.505. The van der Waals surface area contributed by atoms with Crippen LogP contribution in [0.15, 0.2) is 12.1 Å². The van der Waals surface area contributed by atoms with Crippen LogP contribution in [-0.4, -0.2) is 43.7 Å². The van der Waals surface area contributed by atoms with Gasteiger partial charge in [0.15, 0.2) is 0 Å². The Balaban J connectivity index is 1.90. The number of aryl methyl sites for hydroxylation is 1.